The van der Waals surface area contributed by atoms with Crippen molar-refractivity contribution >= 4 is 17.6 Å². The topological polar surface area (TPSA) is 55.4 Å². The number of esters is 1. The van der Waals surface area contributed by atoms with E-state index in [0.29, 0.717) is 24.3 Å². The lowest BCUT2D eigenvalue weighted by molar-refractivity contribution is -0.135. The number of nitrogens with one attached hydrogen (secondary N) is 1. The third-order valence-corrected chi connectivity index (χ3v) is 2.55. The van der Waals surface area contributed by atoms with E-state index in [1.54, 1.807) is 24.3 Å². The monoisotopic (exact) mass is 277 g/mol. The Morgan fingerprint density at radius 3 is 2.25 bits per heavy atom. The fraction of sp³-hybridized carbons (Fsp3) is 0.500. The maximum atomic E-state index is 11.8. The molecule has 0 aliphatic rings. The van der Waals surface area contributed by atoms with Crippen LogP contribution in [0.5, 0.6) is 5.75 Å². The largest absolute Gasteiger partial charge is 0.424 e. The number of carbonyl (C=O) groups excluding carboxylic acids is 2. The molecule has 4 nitrogen and oxygen atoms in total. The van der Waals surface area contributed by atoms with Gasteiger partial charge in [0, 0.05) is 12.8 Å². The SMILES string of the molecule is CC(C)CC(=O)Nc1ccccc1OC(=O)CC(C)C. The summed E-state index contributed by atoms with van der Waals surface area (Å²) in [4.78, 5) is 23.5. The van der Waals surface area contributed by atoms with Crippen molar-refractivity contribution in [2.75, 3.05) is 5.32 Å². The van der Waals surface area contributed by atoms with E-state index in [-0.39, 0.29) is 23.7 Å². The van der Waals surface area contributed by atoms with E-state index >= 15 is 0 Å². The predicted molar refractivity (Wildman–Crippen MR) is 79.6 cm³/mol. The Bertz CT molecular complexity index is 424. The molecule has 110 valence electrons. The fourth-order valence-corrected chi connectivity index (χ4v) is 1.73. The lowest BCUT2D eigenvalue weighted by Crippen LogP contribution is -2.16. The van der Waals surface area contributed by atoms with Gasteiger partial charge in [0.05, 0.1) is 5.69 Å². The van der Waals surface area contributed by atoms with Gasteiger partial charge in [-0.2, -0.15) is 0 Å². The minimum atomic E-state index is -0.287. The summed E-state index contributed by atoms with van der Waals surface area (Å²) < 4.78 is 5.31. The number of hydrogen-bond acceptors (Lipinski definition) is 3. The van der Waals surface area contributed by atoms with E-state index in [1.807, 2.05) is 27.7 Å². The quantitative estimate of drug-likeness (QED) is 0.638. The molecule has 0 radical (unpaired) electrons. The molecule has 0 fully saturated rings. The molecule has 1 aromatic rings. The van der Waals surface area contributed by atoms with E-state index in [2.05, 4.69) is 5.32 Å². The van der Waals surface area contributed by atoms with Crippen molar-refractivity contribution in [1.82, 2.24) is 0 Å². The van der Waals surface area contributed by atoms with Gasteiger partial charge in [-0.3, -0.25) is 9.59 Å². The van der Waals surface area contributed by atoms with Crippen LogP contribution in [0.3, 0.4) is 0 Å². The van der Waals surface area contributed by atoms with Crippen LogP contribution in [0.25, 0.3) is 0 Å². The molecule has 0 saturated carbocycles. The van der Waals surface area contributed by atoms with Crippen LogP contribution in [0.2, 0.25) is 0 Å². The summed E-state index contributed by atoms with van der Waals surface area (Å²) in [6.45, 7) is 7.87. The molecule has 1 amide bonds. The lowest BCUT2D eigenvalue weighted by atomic mass is 10.1. The van der Waals surface area contributed by atoms with E-state index in [9.17, 15) is 9.59 Å². The molecule has 0 aliphatic heterocycles. The second-order valence-electron chi connectivity index (χ2n) is 5.71. The highest BCUT2D eigenvalue weighted by atomic mass is 16.5. The molecule has 0 aromatic heterocycles. The van der Waals surface area contributed by atoms with Crippen molar-refractivity contribution in [3.8, 4) is 5.75 Å². The van der Waals surface area contributed by atoms with Crippen molar-refractivity contribution in [2.45, 2.75) is 40.5 Å². The predicted octanol–water partition coefficient (Wildman–Crippen LogP) is 3.62. The smallest absolute Gasteiger partial charge is 0.311 e. The zero-order chi connectivity index (χ0) is 15.1. The fourth-order valence-electron chi connectivity index (χ4n) is 1.73. The lowest BCUT2D eigenvalue weighted by Gasteiger charge is -2.12. The molecule has 1 aromatic carbocycles. The standard InChI is InChI=1S/C16H23NO3/c1-11(2)9-15(18)17-13-7-5-6-8-14(13)20-16(19)10-12(3)4/h5-8,11-12H,9-10H2,1-4H3,(H,17,18). The Hall–Kier alpha value is -1.84. The second-order valence-corrected chi connectivity index (χ2v) is 5.71. The zero-order valence-electron chi connectivity index (χ0n) is 12.6. The summed E-state index contributed by atoms with van der Waals surface area (Å²) in [5, 5.41) is 2.78. The molecule has 0 atom stereocenters. The number of para-hydroxylation sites is 2. The first-order chi connectivity index (χ1) is 9.38. The van der Waals surface area contributed by atoms with Crippen LogP contribution in [-0.4, -0.2) is 11.9 Å². The zero-order valence-corrected chi connectivity index (χ0v) is 12.6. The molecule has 20 heavy (non-hydrogen) atoms. The van der Waals surface area contributed by atoms with Crippen molar-refractivity contribution < 1.29 is 14.3 Å². The molecule has 0 aliphatic carbocycles. The average molecular weight is 277 g/mol. The Morgan fingerprint density at radius 1 is 1.05 bits per heavy atom. The van der Waals surface area contributed by atoms with E-state index in [0.717, 1.165) is 0 Å². The van der Waals surface area contributed by atoms with Gasteiger partial charge in [0.2, 0.25) is 5.91 Å². The van der Waals surface area contributed by atoms with E-state index in [1.165, 1.54) is 0 Å². The van der Waals surface area contributed by atoms with Gasteiger partial charge in [0.15, 0.2) is 5.75 Å². The van der Waals surface area contributed by atoms with Gasteiger partial charge in [-0.1, -0.05) is 39.8 Å². The Balaban J connectivity index is 2.73. The highest BCUT2D eigenvalue weighted by Crippen LogP contribution is 2.25. The Kier molecular flexibility index (Phi) is 6.22. The van der Waals surface area contributed by atoms with Crippen LogP contribution >= 0.6 is 0 Å². The molecule has 0 spiro atoms. The Labute approximate surface area is 120 Å². The van der Waals surface area contributed by atoms with Crippen molar-refractivity contribution in [3.63, 3.8) is 0 Å². The molecule has 4 heteroatoms. The minimum absolute atomic E-state index is 0.0765. The molecule has 0 heterocycles. The normalized spacial score (nSPS) is 10.7. The van der Waals surface area contributed by atoms with Crippen LogP contribution in [-0.2, 0) is 9.59 Å². The number of hydrogen-bond donors (Lipinski definition) is 1. The highest BCUT2D eigenvalue weighted by molar-refractivity contribution is 5.92. The molecule has 0 saturated heterocycles. The van der Waals surface area contributed by atoms with E-state index in [4.69, 9.17) is 4.74 Å². The third-order valence-electron chi connectivity index (χ3n) is 2.55. The third kappa shape index (κ3) is 5.87. The molecule has 0 unspecified atom stereocenters. The average Bonchev–Trinajstić information content (AvgIpc) is 2.29. The maximum absolute atomic E-state index is 11.8. The molecule has 1 rings (SSSR count). The summed E-state index contributed by atoms with van der Waals surface area (Å²) in [7, 11) is 0. The summed E-state index contributed by atoms with van der Waals surface area (Å²) in [6.07, 6.45) is 0.794. The first-order valence-electron chi connectivity index (χ1n) is 6.98. The molecular weight excluding hydrogens is 254 g/mol. The molecule has 1 N–H and O–H groups in total. The molecule has 0 bridgehead atoms. The van der Waals surface area contributed by atoms with Crippen LogP contribution in [0.4, 0.5) is 5.69 Å². The van der Waals surface area contributed by atoms with Gasteiger partial charge in [-0.05, 0) is 24.0 Å². The van der Waals surface area contributed by atoms with Gasteiger partial charge in [0.25, 0.3) is 0 Å². The Morgan fingerprint density at radius 2 is 1.65 bits per heavy atom. The number of anilines is 1. The number of rotatable bonds is 6. The summed E-state index contributed by atoms with van der Waals surface area (Å²) in [5.41, 5.74) is 0.537. The van der Waals surface area contributed by atoms with Crippen LogP contribution in [0.15, 0.2) is 24.3 Å². The van der Waals surface area contributed by atoms with Crippen LogP contribution < -0.4 is 10.1 Å². The van der Waals surface area contributed by atoms with E-state index < -0.39 is 0 Å². The number of ether oxygens (including phenoxy) is 1. The highest BCUT2D eigenvalue weighted by Gasteiger charge is 2.13. The maximum Gasteiger partial charge on any atom is 0.311 e. The first kappa shape index (κ1) is 16.2. The number of amides is 1. The van der Waals surface area contributed by atoms with Gasteiger partial charge in [0.1, 0.15) is 0 Å². The minimum Gasteiger partial charge on any atom is -0.424 e. The summed E-state index contributed by atoms with van der Waals surface area (Å²) in [5.74, 6) is 0.559. The van der Waals surface area contributed by atoms with Crippen molar-refractivity contribution in [2.24, 2.45) is 11.8 Å². The summed E-state index contributed by atoms with van der Waals surface area (Å²) >= 11 is 0. The van der Waals surface area contributed by atoms with Gasteiger partial charge >= 0.3 is 5.97 Å². The number of carbonyl (C=O) groups is 2. The molecular formula is C16H23NO3. The van der Waals surface area contributed by atoms with Gasteiger partial charge in [-0.15, -0.1) is 0 Å². The number of benzene rings is 1. The van der Waals surface area contributed by atoms with Crippen molar-refractivity contribution in [3.05, 3.63) is 24.3 Å². The van der Waals surface area contributed by atoms with Crippen LogP contribution in [0, 0.1) is 11.8 Å². The summed E-state index contributed by atoms with van der Waals surface area (Å²) in [6, 6.07) is 6.99. The van der Waals surface area contributed by atoms with Crippen molar-refractivity contribution in [1.29, 1.82) is 0 Å². The second kappa shape index (κ2) is 7.68. The van der Waals surface area contributed by atoms with Crippen LogP contribution in [0.1, 0.15) is 40.5 Å². The van der Waals surface area contributed by atoms with Gasteiger partial charge < -0.3 is 10.1 Å². The first-order valence-corrected chi connectivity index (χ1v) is 6.98. The van der Waals surface area contributed by atoms with Gasteiger partial charge in [-0.25, -0.2) is 0 Å².